The van der Waals surface area contributed by atoms with E-state index < -0.39 is 0 Å². The predicted octanol–water partition coefficient (Wildman–Crippen LogP) is 1.11. The minimum atomic E-state index is 0.168. The van der Waals surface area contributed by atoms with Gasteiger partial charge in [0.15, 0.2) is 0 Å². The summed E-state index contributed by atoms with van der Waals surface area (Å²) in [5.74, 6) is 0.168. The van der Waals surface area contributed by atoms with E-state index in [1.165, 1.54) is 12.8 Å². The standard InChI is InChI=1S/C13H27N3O/c1-2-3-9-16(10-8-14)11-13(17)15-12-6-4-5-7-12/h12H,2-11,14H2,1H3,(H,15,17). The lowest BCUT2D eigenvalue weighted by atomic mass is 10.2. The highest BCUT2D eigenvalue weighted by atomic mass is 16.2. The van der Waals surface area contributed by atoms with Crippen LogP contribution in [0.3, 0.4) is 0 Å². The van der Waals surface area contributed by atoms with Crippen molar-refractivity contribution in [1.82, 2.24) is 10.2 Å². The third-order valence-corrected chi connectivity index (χ3v) is 3.36. The van der Waals surface area contributed by atoms with E-state index >= 15 is 0 Å². The van der Waals surface area contributed by atoms with Crippen LogP contribution in [0.1, 0.15) is 45.4 Å². The van der Waals surface area contributed by atoms with Crippen LogP contribution in [0, 0.1) is 0 Å². The monoisotopic (exact) mass is 241 g/mol. The quantitative estimate of drug-likeness (QED) is 0.669. The molecule has 0 heterocycles. The Balaban J connectivity index is 2.23. The number of hydrogen-bond acceptors (Lipinski definition) is 3. The normalized spacial score (nSPS) is 16.6. The third-order valence-electron chi connectivity index (χ3n) is 3.36. The molecule has 4 heteroatoms. The Morgan fingerprint density at radius 2 is 2.06 bits per heavy atom. The van der Waals surface area contributed by atoms with Gasteiger partial charge in [-0.1, -0.05) is 26.2 Å². The van der Waals surface area contributed by atoms with Gasteiger partial charge >= 0.3 is 0 Å². The van der Waals surface area contributed by atoms with Crippen LogP contribution in [0.5, 0.6) is 0 Å². The molecule has 0 aliphatic heterocycles. The van der Waals surface area contributed by atoms with Gasteiger partial charge in [-0.25, -0.2) is 0 Å². The first-order valence-electron chi connectivity index (χ1n) is 6.98. The van der Waals surface area contributed by atoms with Crippen molar-refractivity contribution in [2.24, 2.45) is 5.73 Å². The van der Waals surface area contributed by atoms with Crippen LogP contribution in [-0.4, -0.2) is 43.0 Å². The SMILES string of the molecule is CCCCN(CCN)CC(=O)NC1CCCC1. The van der Waals surface area contributed by atoms with Crippen LogP contribution in [0.2, 0.25) is 0 Å². The molecule has 0 aromatic carbocycles. The van der Waals surface area contributed by atoms with Crippen molar-refractivity contribution in [3.63, 3.8) is 0 Å². The number of nitrogens with two attached hydrogens (primary N) is 1. The maximum atomic E-state index is 11.9. The number of carbonyl (C=O) groups excluding carboxylic acids is 1. The summed E-state index contributed by atoms with van der Waals surface area (Å²) in [6.07, 6.45) is 7.11. The van der Waals surface area contributed by atoms with Crippen molar-refractivity contribution in [2.45, 2.75) is 51.5 Å². The fourth-order valence-electron chi connectivity index (χ4n) is 2.38. The molecule has 0 aromatic rings. The lowest BCUT2D eigenvalue weighted by Gasteiger charge is -2.22. The van der Waals surface area contributed by atoms with E-state index in [0.29, 0.717) is 19.1 Å². The highest BCUT2D eigenvalue weighted by Gasteiger charge is 2.18. The molecule has 0 bridgehead atoms. The van der Waals surface area contributed by atoms with Crippen molar-refractivity contribution >= 4 is 5.91 Å². The van der Waals surface area contributed by atoms with Gasteiger partial charge in [-0.2, -0.15) is 0 Å². The molecule has 1 fully saturated rings. The maximum absolute atomic E-state index is 11.9. The zero-order chi connectivity index (χ0) is 12.5. The highest BCUT2D eigenvalue weighted by Crippen LogP contribution is 2.17. The molecule has 0 aromatic heterocycles. The van der Waals surface area contributed by atoms with E-state index in [1.54, 1.807) is 0 Å². The molecule has 0 unspecified atom stereocenters. The predicted molar refractivity (Wildman–Crippen MR) is 70.8 cm³/mol. The molecular weight excluding hydrogens is 214 g/mol. The summed E-state index contributed by atoms with van der Waals surface area (Å²) in [7, 11) is 0. The van der Waals surface area contributed by atoms with Gasteiger partial charge in [0.1, 0.15) is 0 Å². The summed E-state index contributed by atoms with van der Waals surface area (Å²) >= 11 is 0. The van der Waals surface area contributed by atoms with Gasteiger partial charge in [0.2, 0.25) is 5.91 Å². The molecule has 0 saturated heterocycles. The van der Waals surface area contributed by atoms with Crippen LogP contribution >= 0.6 is 0 Å². The molecule has 0 spiro atoms. The van der Waals surface area contributed by atoms with Crippen molar-refractivity contribution in [3.8, 4) is 0 Å². The number of hydrogen-bond donors (Lipinski definition) is 2. The summed E-state index contributed by atoms with van der Waals surface area (Å²) in [4.78, 5) is 14.0. The lowest BCUT2D eigenvalue weighted by Crippen LogP contribution is -2.43. The molecule has 1 aliphatic carbocycles. The van der Waals surface area contributed by atoms with E-state index in [1.807, 2.05) is 0 Å². The molecule has 0 radical (unpaired) electrons. The van der Waals surface area contributed by atoms with Crippen molar-refractivity contribution in [2.75, 3.05) is 26.2 Å². The summed E-state index contributed by atoms with van der Waals surface area (Å²) in [6, 6.07) is 0.424. The number of nitrogens with one attached hydrogen (secondary N) is 1. The average Bonchev–Trinajstić information content (AvgIpc) is 2.78. The van der Waals surface area contributed by atoms with Gasteiger partial charge in [-0.05, 0) is 25.8 Å². The second kappa shape index (κ2) is 8.48. The highest BCUT2D eigenvalue weighted by molar-refractivity contribution is 5.78. The lowest BCUT2D eigenvalue weighted by molar-refractivity contribution is -0.122. The number of rotatable bonds is 8. The van der Waals surface area contributed by atoms with Crippen LogP contribution in [0.15, 0.2) is 0 Å². The molecule has 100 valence electrons. The molecule has 1 aliphatic rings. The fraction of sp³-hybridized carbons (Fsp3) is 0.923. The Kier molecular flexibility index (Phi) is 7.21. The molecule has 1 rings (SSSR count). The molecule has 1 amide bonds. The molecular formula is C13H27N3O. The second-order valence-electron chi connectivity index (χ2n) is 4.97. The summed E-state index contributed by atoms with van der Waals surface area (Å²) in [6.45, 7) is 5.09. The van der Waals surface area contributed by atoms with E-state index in [9.17, 15) is 4.79 Å². The fourth-order valence-corrected chi connectivity index (χ4v) is 2.38. The van der Waals surface area contributed by atoms with Crippen LogP contribution in [0.4, 0.5) is 0 Å². The Morgan fingerprint density at radius 3 is 2.65 bits per heavy atom. The van der Waals surface area contributed by atoms with Gasteiger partial charge in [0.05, 0.1) is 6.54 Å². The summed E-state index contributed by atoms with van der Waals surface area (Å²) in [5, 5.41) is 3.12. The number of amides is 1. The van der Waals surface area contributed by atoms with Crippen LogP contribution in [0.25, 0.3) is 0 Å². The van der Waals surface area contributed by atoms with Crippen molar-refractivity contribution in [3.05, 3.63) is 0 Å². The van der Waals surface area contributed by atoms with E-state index in [4.69, 9.17) is 5.73 Å². The van der Waals surface area contributed by atoms with E-state index in [2.05, 4.69) is 17.1 Å². The van der Waals surface area contributed by atoms with Gasteiger partial charge in [0.25, 0.3) is 0 Å². The molecule has 0 atom stereocenters. The largest absolute Gasteiger partial charge is 0.352 e. The smallest absolute Gasteiger partial charge is 0.234 e. The molecule has 1 saturated carbocycles. The second-order valence-corrected chi connectivity index (χ2v) is 4.97. The van der Waals surface area contributed by atoms with Gasteiger partial charge in [0, 0.05) is 19.1 Å². The topological polar surface area (TPSA) is 58.4 Å². The summed E-state index contributed by atoms with van der Waals surface area (Å²) < 4.78 is 0. The molecule has 17 heavy (non-hydrogen) atoms. The van der Waals surface area contributed by atoms with E-state index in [-0.39, 0.29) is 5.91 Å². The summed E-state index contributed by atoms with van der Waals surface area (Å²) in [5.41, 5.74) is 5.57. The van der Waals surface area contributed by atoms with Gasteiger partial charge in [-0.3, -0.25) is 9.69 Å². The van der Waals surface area contributed by atoms with Crippen LogP contribution < -0.4 is 11.1 Å². The zero-order valence-corrected chi connectivity index (χ0v) is 11.1. The maximum Gasteiger partial charge on any atom is 0.234 e. The van der Waals surface area contributed by atoms with Gasteiger partial charge < -0.3 is 11.1 Å². The van der Waals surface area contributed by atoms with Crippen LogP contribution in [-0.2, 0) is 4.79 Å². The molecule has 4 nitrogen and oxygen atoms in total. The van der Waals surface area contributed by atoms with Crippen molar-refractivity contribution < 1.29 is 4.79 Å². The zero-order valence-electron chi connectivity index (χ0n) is 11.1. The number of unbranched alkanes of at least 4 members (excludes halogenated alkanes) is 1. The number of nitrogens with zero attached hydrogens (tertiary/aromatic N) is 1. The Bertz CT molecular complexity index is 215. The molecule has 3 N–H and O–H groups in total. The minimum Gasteiger partial charge on any atom is -0.352 e. The number of carbonyl (C=O) groups is 1. The Morgan fingerprint density at radius 1 is 1.35 bits per heavy atom. The minimum absolute atomic E-state index is 0.168. The Labute approximate surface area is 105 Å². The average molecular weight is 241 g/mol. The van der Waals surface area contributed by atoms with Gasteiger partial charge in [-0.15, -0.1) is 0 Å². The first-order chi connectivity index (χ1) is 8.26. The first-order valence-corrected chi connectivity index (χ1v) is 6.98. The first kappa shape index (κ1) is 14.5. The van der Waals surface area contributed by atoms with Crippen molar-refractivity contribution in [1.29, 1.82) is 0 Å². The third kappa shape index (κ3) is 6.03. The van der Waals surface area contributed by atoms with E-state index in [0.717, 1.165) is 38.8 Å². The Hall–Kier alpha value is -0.610.